The average molecular weight is 269 g/mol. The van der Waals surface area contributed by atoms with E-state index in [1.807, 2.05) is 55.5 Å². The van der Waals surface area contributed by atoms with E-state index in [1.54, 1.807) is 13.0 Å². The van der Waals surface area contributed by atoms with Crippen molar-refractivity contribution in [2.45, 2.75) is 26.0 Å². The minimum atomic E-state index is -0.718. The minimum Gasteiger partial charge on any atom is -0.386 e. The molecular formula is C17H19NO2. The fourth-order valence-corrected chi connectivity index (χ4v) is 2.09. The molecule has 0 bridgehead atoms. The maximum absolute atomic E-state index is 12.1. The summed E-state index contributed by atoms with van der Waals surface area (Å²) in [5.41, 5.74) is 2.44. The first kappa shape index (κ1) is 14.3. The Balaban J connectivity index is 2.04. The number of aliphatic hydroxyl groups is 1. The number of aryl methyl sites for hydroxylation is 1. The van der Waals surface area contributed by atoms with Gasteiger partial charge in [0.05, 0.1) is 12.1 Å². The van der Waals surface area contributed by atoms with E-state index in [0.29, 0.717) is 5.56 Å². The predicted molar refractivity (Wildman–Crippen MR) is 79.5 cm³/mol. The molecule has 0 spiro atoms. The van der Waals surface area contributed by atoms with Gasteiger partial charge in [-0.15, -0.1) is 0 Å². The van der Waals surface area contributed by atoms with Crippen LogP contribution in [0.1, 0.15) is 34.5 Å². The van der Waals surface area contributed by atoms with E-state index in [0.717, 1.165) is 11.1 Å². The molecule has 0 saturated heterocycles. The van der Waals surface area contributed by atoms with Crippen molar-refractivity contribution in [1.29, 1.82) is 0 Å². The first-order valence-electron chi connectivity index (χ1n) is 6.68. The van der Waals surface area contributed by atoms with E-state index >= 15 is 0 Å². The maximum atomic E-state index is 12.1. The Kier molecular flexibility index (Phi) is 4.53. The van der Waals surface area contributed by atoms with Gasteiger partial charge in [-0.25, -0.2) is 0 Å². The molecule has 104 valence electrons. The molecule has 0 aliphatic heterocycles. The second-order valence-corrected chi connectivity index (χ2v) is 4.99. The van der Waals surface area contributed by atoms with Crippen LogP contribution >= 0.6 is 0 Å². The van der Waals surface area contributed by atoms with Crippen molar-refractivity contribution in [1.82, 2.24) is 5.32 Å². The Bertz CT molecular complexity index is 581. The highest BCUT2D eigenvalue weighted by Gasteiger charge is 2.18. The topological polar surface area (TPSA) is 49.3 Å². The molecular weight excluding hydrogens is 250 g/mol. The van der Waals surface area contributed by atoms with Crippen molar-refractivity contribution in [3.8, 4) is 0 Å². The molecule has 2 rings (SSSR count). The average Bonchev–Trinajstić information content (AvgIpc) is 2.47. The summed E-state index contributed by atoms with van der Waals surface area (Å²) in [7, 11) is 0. The molecule has 2 N–H and O–H groups in total. The van der Waals surface area contributed by atoms with Crippen LogP contribution in [0.25, 0.3) is 0 Å². The van der Waals surface area contributed by atoms with Crippen LogP contribution in [0.2, 0.25) is 0 Å². The molecule has 2 aromatic rings. The minimum absolute atomic E-state index is 0.170. The van der Waals surface area contributed by atoms with Crippen LogP contribution in [0.3, 0.4) is 0 Å². The van der Waals surface area contributed by atoms with Crippen LogP contribution in [0, 0.1) is 6.92 Å². The highest BCUT2D eigenvalue weighted by Crippen LogP contribution is 2.16. The third-order valence-corrected chi connectivity index (χ3v) is 3.25. The van der Waals surface area contributed by atoms with Crippen molar-refractivity contribution < 1.29 is 9.90 Å². The van der Waals surface area contributed by atoms with E-state index in [1.165, 1.54) is 0 Å². The van der Waals surface area contributed by atoms with Gasteiger partial charge in [0.1, 0.15) is 0 Å². The van der Waals surface area contributed by atoms with Gasteiger partial charge in [-0.05, 0) is 31.5 Å². The number of benzene rings is 2. The molecule has 0 fully saturated rings. The Morgan fingerprint density at radius 3 is 2.45 bits per heavy atom. The number of rotatable bonds is 4. The summed E-state index contributed by atoms with van der Waals surface area (Å²) >= 11 is 0. The molecule has 0 aliphatic rings. The molecule has 0 saturated carbocycles. The molecule has 2 aromatic carbocycles. The molecule has 3 nitrogen and oxygen atoms in total. The lowest BCUT2D eigenvalue weighted by atomic mass is 10.0. The van der Waals surface area contributed by atoms with Gasteiger partial charge in [0.2, 0.25) is 0 Å². The van der Waals surface area contributed by atoms with Gasteiger partial charge in [-0.2, -0.15) is 0 Å². The van der Waals surface area contributed by atoms with Crippen LogP contribution in [0.15, 0.2) is 54.6 Å². The van der Waals surface area contributed by atoms with E-state index in [4.69, 9.17) is 0 Å². The van der Waals surface area contributed by atoms with Crippen molar-refractivity contribution in [3.05, 3.63) is 71.3 Å². The summed E-state index contributed by atoms with van der Waals surface area (Å²) in [5, 5.41) is 13.1. The molecule has 0 aliphatic carbocycles. The van der Waals surface area contributed by atoms with E-state index in [2.05, 4.69) is 5.32 Å². The molecule has 0 unspecified atom stereocenters. The van der Waals surface area contributed by atoms with Gasteiger partial charge in [-0.1, -0.05) is 48.0 Å². The molecule has 3 heteroatoms. The molecule has 0 aromatic heterocycles. The zero-order valence-electron chi connectivity index (χ0n) is 11.7. The van der Waals surface area contributed by atoms with E-state index in [-0.39, 0.29) is 11.9 Å². The van der Waals surface area contributed by atoms with Gasteiger partial charge < -0.3 is 10.4 Å². The number of amides is 1. The quantitative estimate of drug-likeness (QED) is 0.896. The number of carbonyl (C=O) groups is 1. The standard InChI is InChI=1S/C17H19NO2/c1-12-7-6-10-15(11-12)17(20)18-13(2)16(19)14-8-4-3-5-9-14/h3-11,13,16,19H,1-2H3,(H,18,20)/t13-,16+/m1/s1. The summed E-state index contributed by atoms with van der Waals surface area (Å²) in [5.74, 6) is -0.170. The first-order valence-corrected chi connectivity index (χ1v) is 6.68. The van der Waals surface area contributed by atoms with Crippen LogP contribution in [0.4, 0.5) is 0 Å². The summed E-state index contributed by atoms with van der Waals surface area (Å²) < 4.78 is 0. The zero-order chi connectivity index (χ0) is 14.5. The number of aliphatic hydroxyl groups excluding tert-OH is 1. The predicted octanol–water partition coefficient (Wildman–Crippen LogP) is 2.85. The SMILES string of the molecule is Cc1cccc(C(=O)N[C@H](C)[C@H](O)c2ccccc2)c1. The van der Waals surface area contributed by atoms with Crippen LogP contribution < -0.4 is 5.32 Å². The van der Waals surface area contributed by atoms with Gasteiger partial charge in [0.15, 0.2) is 0 Å². The second-order valence-electron chi connectivity index (χ2n) is 4.99. The maximum Gasteiger partial charge on any atom is 0.251 e. The highest BCUT2D eigenvalue weighted by molar-refractivity contribution is 5.94. The molecule has 0 heterocycles. The summed E-state index contributed by atoms with van der Waals surface area (Å²) in [4.78, 5) is 12.1. The van der Waals surface area contributed by atoms with Crippen molar-refractivity contribution >= 4 is 5.91 Å². The van der Waals surface area contributed by atoms with E-state index in [9.17, 15) is 9.90 Å². The number of hydrogen-bond donors (Lipinski definition) is 2. The third-order valence-electron chi connectivity index (χ3n) is 3.25. The van der Waals surface area contributed by atoms with Crippen LogP contribution in [-0.2, 0) is 0 Å². The Morgan fingerprint density at radius 2 is 1.80 bits per heavy atom. The van der Waals surface area contributed by atoms with E-state index < -0.39 is 6.10 Å². The summed E-state index contributed by atoms with van der Waals surface area (Å²) in [6.07, 6.45) is -0.718. The lowest BCUT2D eigenvalue weighted by molar-refractivity contribution is 0.0852. The molecule has 1 amide bonds. The van der Waals surface area contributed by atoms with Gasteiger partial charge in [0.25, 0.3) is 5.91 Å². The number of carbonyl (C=O) groups excluding carboxylic acids is 1. The lowest BCUT2D eigenvalue weighted by Crippen LogP contribution is -2.37. The molecule has 20 heavy (non-hydrogen) atoms. The van der Waals surface area contributed by atoms with Crippen molar-refractivity contribution in [2.24, 2.45) is 0 Å². The van der Waals surface area contributed by atoms with Gasteiger partial charge in [-0.3, -0.25) is 4.79 Å². The smallest absolute Gasteiger partial charge is 0.251 e. The third kappa shape index (κ3) is 3.45. The van der Waals surface area contributed by atoms with Gasteiger partial charge in [0, 0.05) is 5.56 Å². The molecule has 0 radical (unpaired) electrons. The normalized spacial score (nSPS) is 13.6. The number of nitrogens with one attached hydrogen (secondary N) is 1. The first-order chi connectivity index (χ1) is 9.58. The molecule has 2 atom stereocenters. The summed E-state index contributed by atoms with van der Waals surface area (Å²) in [6, 6.07) is 16.4. The fourth-order valence-electron chi connectivity index (χ4n) is 2.09. The fraction of sp³-hybridized carbons (Fsp3) is 0.235. The van der Waals surface area contributed by atoms with Crippen LogP contribution in [-0.4, -0.2) is 17.1 Å². The Labute approximate surface area is 119 Å². The monoisotopic (exact) mass is 269 g/mol. The number of hydrogen-bond acceptors (Lipinski definition) is 2. The summed E-state index contributed by atoms with van der Waals surface area (Å²) in [6.45, 7) is 3.74. The Hall–Kier alpha value is -2.13. The highest BCUT2D eigenvalue weighted by atomic mass is 16.3. The lowest BCUT2D eigenvalue weighted by Gasteiger charge is -2.20. The second kappa shape index (κ2) is 6.35. The largest absolute Gasteiger partial charge is 0.386 e. The van der Waals surface area contributed by atoms with Crippen LogP contribution in [0.5, 0.6) is 0 Å². The van der Waals surface area contributed by atoms with Crippen molar-refractivity contribution in [3.63, 3.8) is 0 Å². The zero-order valence-corrected chi connectivity index (χ0v) is 11.7. The van der Waals surface area contributed by atoms with Gasteiger partial charge >= 0.3 is 0 Å². The Morgan fingerprint density at radius 1 is 1.10 bits per heavy atom. The van der Waals surface area contributed by atoms with Crippen molar-refractivity contribution in [2.75, 3.05) is 0 Å².